The number of ether oxygens (including phenoxy) is 1. The SMILES string of the molecule is COc1ccc2nc(-c3c(Cl)ccc(Cl)c3N)sc2c1. The number of thiazole rings is 1. The van der Waals surface area contributed by atoms with Gasteiger partial charge < -0.3 is 10.5 Å². The molecule has 0 aliphatic rings. The number of nitrogen functional groups attached to an aromatic ring is 1. The van der Waals surface area contributed by atoms with Gasteiger partial charge in [-0.2, -0.15) is 0 Å². The fraction of sp³-hybridized carbons (Fsp3) is 0.0714. The van der Waals surface area contributed by atoms with Crippen molar-refractivity contribution in [3.05, 3.63) is 40.4 Å². The van der Waals surface area contributed by atoms with Crippen LogP contribution in [0.25, 0.3) is 20.8 Å². The molecule has 0 amide bonds. The van der Waals surface area contributed by atoms with Gasteiger partial charge >= 0.3 is 0 Å². The third-order valence-corrected chi connectivity index (χ3v) is 4.63. The first kappa shape index (κ1) is 13.5. The molecule has 0 aliphatic carbocycles. The Morgan fingerprint density at radius 3 is 2.65 bits per heavy atom. The van der Waals surface area contributed by atoms with Crippen molar-refractivity contribution in [1.29, 1.82) is 0 Å². The molecule has 6 heteroatoms. The third kappa shape index (κ3) is 2.20. The second kappa shape index (κ2) is 5.13. The molecule has 0 atom stereocenters. The van der Waals surface area contributed by atoms with E-state index in [0.717, 1.165) is 21.0 Å². The van der Waals surface area contributed by atoms with Crippen LogP contribution in [0.5, 0.6) is 5.75 Å². The topological polar surface area (TPSA) is 48.1 Å². The molecule has 0 radical (unpaired) electrons. The highest BCUT2D eigenvalue weighted by molar-refractivity contribution is 7.21. The Kier molecular flexibility index (Phi) is 3.46. The number of rotatable bonds is 2. The number of aromatic nitrogens is 1. The molecule has 3 rings (SSSR count). The van der Waals surface area contributed by atoms with Gasteiger partial charge in [0.05, 0.1) is 38.6 Å². The van der Waals surface area contributed by atoms with E-state index >= 15 is 0 Å². The Morgan fingerprint density at radius 1 is 1.15 bits per heavy atom. The lowest BCUT2D eigenvalue weighted by atomic mass is 10.2. The second-order valence-electron chi connectivity index (χ2n) is 4.17. The molecule has 0 spiro atoms. The average molecular weight is 325 g/mol. The van der Waals surface area contributed by atoms with Crippen molar-refractivity contribution in [3.63, 3.8) is 0 Å². The van der Waals surface area contributed by atoms with Crippen molar-refractivity contribution >= 4 is 50.4 Å². The Labute approximate surface area is 129 Å². The van der Waals surface area contributed by atoms with Crippen molar-refractivity contribution in [1.82, 2.24) is 4.98 Å². The predicted molar refractivity (Wildman–Crippen MR) is 86.0 cm³/mol. The molecule has 20 heavy (non-hydrogen) atoms. The number of benzene rings is 2. The van der Waals surface area contributed by atoms with Crippen LogP contribution in [0.3, 0.4) is 0 Å². The summed E-state index contributed by atoms with van der Waals surface area (Å²) in [5.41, 5.74) is 8.02. The van der Waals surface area contributed by atoms with Gasteiger partial charge in [0.25, 0.3) is 0 Å². The van der Waals surface area contributed by atoms with E-state index in [9.17, 15) is 0 Å². The van der Waals surface area contributed by atoms with E-state index in [1.807, 2.05) is 18.2 Å². The van der Waals surface area contributed by atoms with Gasteiger partial charge in [0.1, 0.15) is 10.8 Å². The van der Waals surface area contributed by atoms with E-state index in [0.29, 0.717) is 21.3 Å². The number of anilines is 1. The second-order valence-corrected chi connectivity index (χ2v) is 6.02. The molecule has 0 aliphatic heterocycles. The summed E-state index contributed by atoms with van der Waals surface area (Å²) in [5.74, 6) is 0.790. The summed E-state index contributed by atoms with van der Waals surface area (Å²) in [7, 11) is 1.63. The van der Waals surface area contributed by atoms with E-state index in [4.69, 9.17) is 33.7 Å². The number of halogens is 2. The first-order valence-electron chi connectivity index (χ1n) is 5.78. The van der Waals surface area contributed by atoms with E-state index in [1.165, 1.54) is 11.3 Å². The summed E-state index contributed by atoms with van der Waals surface area (Å²) in [6, 6.07) is 9.12. The molecular formula is C14H10Cl2N2OS. The molecule has 0 saturated heterocycles. The van der Waals surface area contributed by atoms with Crippen LogP contribution in [0.1, 0.15) is 0 Å². The van der Waals surface area contributed by atoms with Gasteiger partial charge in [0.2, 0.25) is 0 Å². The first-order valence-corrected chi connectivity index (χ1v) is 7.36. The molecule has 3 nitrogen and oxygen atoms in total. The molecule has 1 aromatic heterocycles. The Morgan fingerprint density at radius 2 is 1.90 bits per heavy atom. The standard InChI is InChI=1S/C14H10Cl2N2OS/c1-19-7-2-5-10-11(6-7)20-14(18-10)12-8(15)3-4-9(16)13(12)17/h2-6H,17H2,1H3. The molecule has 0 fully saturated rings. The molecule has 0 unspecified atom stereocenters. The molecule has 0 saturated carbocycles. The number of nitrogens with zero attached hydrogens (tertiary/aromatic N) is 1. The van der Waals surface area contributed by atoms with E-state index in [2.05, 4.69) is 4.98 Å². The minimum atomic E-state index is 0.449. The van der Waals surface area contributed by atoms with Gasteiger partial charge in [0, 0.05) is 0 Å². The molecular weight excluding hydrogens is 315 g/mol. The normalized spacial score (nSPS) is 10.9. The molecule has 2 aromatic carbocycles. The zero-order valence-electron chi connectivity index (χ0n) is 10.5. The van der Waals surface area contributed by atoms with Crippen LogP contribution in [0, 0.1) is 0 Å². The Bertz CT molecular complexity index is 801. The van der Waals surface area contributed by atoms with E-state index in [1.54, 1.807) is 19.2 Å². The van der Waals surface area contributed by atoms with Crippen LogP contribution in [0.15, 0.2) is 30.3 Å². The zero-order valence-corrected chi connectivity index (χ0v) is 12.8. The van der Waals surface area contributed by atoms with Gasteiger partial charge in [0.15, 0.2) is 0 Å². The maximum atomic E-state index is 6.23. The van der Waals surface area contributed by atoms with E-state index in [-0.39, 0.29) is 0 Å². The fourth-order valence-electron chi connectivity index (χ4n) is 1.92. The van der Waals surface area contributed by atoms with E-state index < -0.39 is 0 Å². The van der Waals surface area contributed by atoms with Crippen LogP contribution in [-0.4, -0.2) is 12.1 Å². The molecule has 0 bridgehead atoms. The zero-order chi connectivity index (χ0) is 14.3. The quantitative estimate of drug-likeness (QED) is 0.685. The van der Waals surface area contributed by atoms with Gasteiger partial charge in [-0.15, -0.1) is 11.3 Å². The summed E-state index contributed by atoms with van der Waals surface area (Å²) < 4.78 is 6.22. The summed E-state index contributed by atoms with van der Waals surface area (Å²) >= 11 is 13.8. The number of fused-ring (bicyclic) bond motifs is 1. The highest BCUT2D eigenvalue weighted by Gasteiger charge is 2.15. The van der Waals surface area contributed by atoms with Gasteiger partial charge in [-0.25, -0.2) is 4.98 Å². The number of hydrogen-bond donors (Lipinski definition) is 1. The van der Waals surface area contributed by atoms with Crippen LogP contribution in [0.4, 0.5) is 5.69 Å². The Hall–Kier alpha value is -1.49. The molecule has 2 N–H and O–H groups in total. The van der Waals surface area contributed by atoms with Gasteiger partial charge in [-0.1, -0.05) is 23.2 Å². The van der Waals surface area contributed by atoms with Crippen molar-refractivity contribution in [3.8, 4) is 16.3 Å². The lowest BCUT2D eigenvalue weighted by Gasteiger charge is -2.06. The minimum Gasteiger partial charge on any atom is -0.497 e. The fourth-order valence-corrected chi connectivity index (χ4v) is 3.46. The van der Waals surface area contributed by atoms with Crippen molar-refractivity contribution in [2.24, 2.45) is 0 Å². The first-order chi connectivity index (χ1) is 9.60. The summed E-state index contributed by atoms with van der Waals surface area (Å²) in [5, 5.41) is 1.76. The minimum absolute atomic E-state index is 0.449. The van der Waals surface area contributed by atoms with Crippen molar-refractivity contribution < 1.29 is 4.74 Å². The Balaban J connectivity index is 2.22. The molecule has 102 valence electrons. The summed E-state index contributed by atoms with van der Waals surface area (Å²) in [6.45, 7) is 0. The number of nitrogens with two attached hydrogens (primary N) is 1. The highest BCUT2D eigenvalue weighted by atomic mass is 35.5. The summed E-state index contributed by atoms with van der Waals surface area (Å²) in [6.07, 6.45) is 0. The third-order valence-electron chi connectivity index (χ3n) is 2.95. The van der Waals surface area contributed by atoms with Crippen LogP contribution in [-0.2, 0) is 0 Å². The van der Waals surface area contributed by atoms with Crippen molar-refractivity contribution in [2.75, 3.05) is 12.8 Å². The molecule has 1 heterocycles. The largest absolute Gasteiger partial charge is 0.497 e. The van der Waals surface area contributed by atoms with Crippen LogP contribution in [0.2, 0.25) is 10.0 Å². The average Bonchev–Trinajstić information content (AvgIpc) is 2.85. The van der Waals surface area contributed by atoms with Crippen molar-refractivity contribution in [2.45, 2.75) is 0 Å². The summed E-state index contributed by atoms with van der Waals surface area (Å²) in [4.78, 5) is 4.56. The highest BCUT2D eigenvalue weighted by Crippen LogP contribution is 2.41. The van der Waals surface area contributed by atoms with Crippen LogP contribution >= 0.6 is 34.5 Å². The number of methoxy groups -OCH3 is 1. The number of hydrogen-bond acceptors (Lipinski definition) is 4. The predicted octanol–water partition coefficient (Wildman–Crippen LogP) is 4.86. The van der Waals surface area contributed by atoms with Crippen LogP contribution < -0.4 is 10.5 Å². The smallest absolute Gasteiger partial charge is 0.128 e. The van der Waals surface area contributed by atoms with Gasteiger partial charge in [-0.3, -0.25) is 0 Å². The van der Waals surface area contributed by atoms with Gasteiger partial charge in [-0.05, 0) is 30.3 Å². The lowest BCUT2D eigenvalue weighted by molar-refractivity contribution is 0.415. The maximum absolute atomic E-state index is 6.23. The lowest BCUT2D eigenvalue weighted by Crippen LogP contribution is -1.91. The molecule has 3 aromatic rings. The monoisotopic (exact) mass is 324 g/mol. The maximum Gasteiger partial charge on any atom is 0.128 e.